The number of ketones is 1. The van der Waals surface area contributed by atoms with Crippen LogP contribution >= 0.6 is 0 Å². The van der Waals surface area contributed by atoms with Gasteiger partial charge < -0.3 is 0 Å². The Labute approximate surface area is 93.6 Å². The molecule has 4 nitrogen and oxygen atoms in total. The minimum absolute atomic E-state index is 0.0380. The molecule has 0 aromatic carbocycles. The summed E-state index contributed by atoms with van der Waals surface area (Å²) in [7, 11) is 0. The predicted molar refractivity (Wildman–Crippen MR) is 48.0 cm³/mol. The zero-order chi connectivity index (χ0) is 12.8. The molecule has 1 fully saturated rings. The molecule has 0 radical (unpaired) electrons. The van der Waals surface area contributed by atoms with E-state index in [0.717, 1.165) is 10.9 Å². The molecule has 0 spiro atoms. The Morgan fingerprint density at radius 1 is 1.53 bits per heavy atom. The minimum Gasteiger partial charge on any atom is -0.293 e. The third-order valence-corrected chi connectivity index (χ3v) is 2.87. The lowest BCUT2D eigenvalue weighted by molar-refractivity contribution is -0.316. The van der Waals surface area contributed by atoms with Gasteiger partial charge in [-0.3, -0.25) is 4.79 Å². The summed E-state index contributed by atoms with van der Waals surface area (Å²) in [5, 5.41) is 6.84. The fraction of sp³-hybridized carbons (Fsp3) is 0.667. The second-order valence-electron chi connectivity index (χ2n) is 4.09. The van der Waals surface area contributed by atoms with E-state index in [1.165, 1.54) is 6.92 Å². The van der Waals surface area contributed by atoms with Gasteiger partial charge in [0.2, 0.25) is 0 Å². The maximum atomic E-state index is 13.0. The van der Waals surface area contributed by atoms with Crippen LogP contribution in [-0.4, -0.2) is 32.6 Å². The Kier molecular flexibility index (Phi) is 2.48. The molecule has 0 N–H and O–H groups in total. The van der Waals surface area contributed by atoms with Crippen LogP contribution in [0.1, 0.15) is 23.8 Å². The zero-order valence-corrected chi connectivity index (χ0v) is 8.83. The van der Waals surface area contributed by atoms with Crippen LogP contribution in [0.15, 0.2) is 6.20 Å². The molecule has 1 unspecified atom stereocenters. The van der Waals surface area contributed by atoms with Crippen molar-refractivity contribution in [2.24, 2.45) is 5.92 Å². The number of rotatable bonds is 3. The average molecular weight is 251 g/mol. The van der Waals surface area contributed by atoms with Gasteiger partial charge in [-0.15, -0.1) is 5.10 Å². The first kappa shape index (κ1) is 12.0. The molecule has 8 heteroatoms. The Morgan fingerprint density at radius 3 is 2.65 bits per heavy atom. The molecular weight excluding hydrogens is 242 g/mol. The van der Waals surface area contributed by atoms with Gasteiger partial charge in [0, 0.05) is 13.3 Å². The Balaban J connectivity index is 2.14. The van der Waals surface area contributed by atoms with Crippen LogP contribution in [0.4, 0.5) is 17.6 Å². The van der Waals surface area contributed by atoms with Gasteiger partial charge in [0.05, 0.1) is 18.7 Å². The number of Topliss-reactive ketones (excluding diaryl/α,β-unsaturated/α-hetero) is 1. The summed E-state index contributed by atoms with van der Waals surface area (Å²) >= 11 is 0. The van der Waals surface area contributed by atoms with Crippen LogP contribution in [-0.2, 0) is 6.54 Å². The van der Waals surface area contributed by atoms with E-state index in [4.69, 9.17) is 0 Å². The van der Waals surface area contributed by atoms with Crippen molar-refractivity contribution in [3.05, 3.63) is 11.9 Å². The summed E-state index contributed by atoms with van der Waals surface area (Å²) in [6, 6.07) is 0. The largest absolute Gasteiger partial charge is 0.314 e. The molecule has 17 heavy (non-hydrogen) atoms. The van der Waals surface area contributed by atoms with Crippen molar-refractivity contribution >= 4 is 5.78 Å². The van der Waals surface area contributed by atoms with E-state index in [1.807, 2.05) is 0 Å². The van der Waals surface area contributed by atoms with Gasteiger partial charge in [-0.2, -0.15) is 17.6 Å². The van der Waals surface area contributed by atoms with E-state index in [-0.39, 0.29) is 5.69 Å². The molecule has 1 atom stereocenters. The molecule has 0 amide bonds. The summed E-state index contributed by atoms with van der Waals surface area (Å²) in [5.74, 6) is -9.93. The molecule has 0 bridgehead atoms. The number of hydrogen-bond donors (Lipinski definition) is 0. The first-order valence-electron chi connectivity index (χ1n) is 4.91. The highest BCUT2D eigenvalue weighted by Crippen LogP contribution is 2.55. The Morgan fingerprint density at radius 2 is 2.18 bits per heavy atom. The SMILES string of the molecule is CC(=O)c1cnnn1CC1CC(F)(F)C1(F)F. The molecule has 1 aromatic rings. The number of aromatic nitrogens is 3. The number of carbonyl (C=O) groups is 1. The molecule has 94 valence electrons. The molecule has 0 saturated heterocycles. The first-order chi connectivity index (χ1) is 7.75. The summed E-state index contributed by atoms with van der Waals surface area (Å²) < 4.78 is 52.1. The van der Waals surface area contributed by atoms with Gasteiger partial charge in [-0.25, -0.2) is 4.68 Å². The second-order valence-corrected chi connectivity index (χ2v) is 4.09. The normalized spacial score (nSPS) is 25.4. The smallest absolute Gasteiger partial charge is 0.293 e. The van der Waals surface area contributed by atoms with E-state index in [0.29, 0.717) is 0 Å². The van der Waals surface area contributed by atoms with Gasteiger partial charge in [0.15, 0.2) is 5.78 Å². The van der Waals surface area contributed by atoms with Gasteiger partial charge in [0.25, 0.3) is 0 Å². The molecule has 1 aromatic heterocycles. The van der Waals surface area contributed by atoms with Gasteiger partial charge in [-0.1, -0.05) is 5.21 Å². The number of halogens is 4. The molecule has 1 saturated carbocycles. The average Bonchev–Trinajstić information content (AvgIpc) is 2.64. The molecule has 1 aliphatic rings. The lowest BCUT2D eigenvalue weighted by Gasteiger charge is -2.43. The quantitative estimate of drug-likeness (QED) is 0.607. The summed E-state index contributed by atoms with van der Waals surface area (Å²) in [4.78, 5) is 11.1. The number of carbonyl (C=O) groups excluding carboxylic acids is 1. The summed E-state index contributed by atoms with van der Waals surface area (Å²) in [5.41, 5.74) is 0.0380. The van der Waals surface area contributed by atoms with Crippen LogP contribution in [0, 0.1) is 5.92 Å². The van der Waals surface area contributed by atoms with Crippen molar-refractivity contribution in [3.8, 4) is 0 Å². The molecule has 0 aliphatic heterocycles. The van der Waals surface area contributed by atoms with E-state index < -0.39 is 36.5 Å². The first-order valence-corrected chi connectivity index (χ1v) is 4.91. The summed E-state index contributed by atoms with van der Waals surface area (Å²) in [6.07, 6.45) is 0.217. The standard InChI is InChI=1S/C9H9F4N3O/c1-5(17)7-3-14-15-16(7)4-6-2-8(10,11)9(6,12)13/h3,6H,2,4H2,1H3. The maximum absolute atomic E-state index is 13.0. The van der Waals surface area contributed by atoms with Gasteiger partial charge >= 0.3 is 11.8 Å². The van der Waals surface area contributed by atoms with Crippen LogP contribution < -0.4 is 0 Å². The molecule has 1 aliphatic carbocycles. The van der Waals surface area contributed by atoms with Crippen LogP contribution in [0.25, 0.3) is 0 Å². The zero-order valence-electron chi connectivity index (χ0n) is 8.83. The number of alkyl halides is 4. The Hall–Kier alpha value is -1.47. The van der Waals surface area contributed by atoms with E-state index >= 15 is 0 Å². The van der Waals surface area contributed by atoms with Crippen LogP contribution in [0.2, 0.25) is 0 Å². The van der Waals surface area contributed by atoms with E-state index in [1.54, 1.807) is 0 Å². The van der Waals surface area contributed by atoms with E-state index in [2.05, 4.69) is 10.3 Å². The van der Waals surface area contributed by atoms with Crippen molar-refractivity contribution in [2.75, 3.05) is 0 Å². The van der Waals surface area contributed by atoms with Crippen LogP contribution in [0.5, 0.6) is 0 Å². The van der Waals surface area contributed by atoms with Crippen LogP contribution in [0.3, 0.4) is 0 Å². The third-order valence-electron chi connectivity index (χ3n) is 2.87. The van der Waals surface area contributed by atoms with Crippen molar-refractivity contribution in [2.45, 2.75) is 31.7 Å². The fourth-order valence-corrected chi connectivity index (χ4v) is 1.79. The number of nitrogens with zero attached hydrogens (tertiary/aromatic N) is 3. The van der Waals surface area contributed by atoms with Crippen molar-refractivity contribution in [3.63, 3.8) is 0 Å². The molecular formula is C9H9F4N3O. The van der Waals surface area contributed by atoms with Gasteiger partial charge in [-0.05, 0) is 0 Å². The van der Waals surface area contributed by atoms with Crippen molar-refractivity contribution in [1.29, 1.82) is 0 Å². The maximum Gasteiger partial charge on any atom is 0.314 e. The topological polar surface area (TPSA) is 47.8 Å². The number of hydrogen-bond acceptors (Lipinski definition) is 3. The lowest BCUT2D eigenvalue weighted by atomic mass is 9.76. The highest BCUT2D eigenvalue weighted by molar-refractivity contribution is 5.91. The molecule has 2 rings (SSSR count). The van der Waals surface area contributed by atoms with Crippen molar-refractivity contribution < 1.29 is 22.4 Å². The second kappa shape index (κ2) is 3.51. The predicted octanol–water partition coefficient (Wildman–Crippen LogP) is 1.77. The van der Waals surface area contributed by atoms with Crippen molar-refractivity contribution in [1.82, 2.24) is 15.0 Å². The third kappa shape index (κ3) is 1.71. The fourth-order valence-electron chi connectivity index (χ4n) is 1.79. The van der Waals surface area contributed by atoms with Gasteiger partial charge in [0.1, 0.15) is 5.69 Å². The van der Waals surface area contributed by atoms with E-state index in [9.17, 15) is 22.4 Å². The molecule has 1 heterocycles. The minimum atomic E-state index is -4.05. The highest BCUT2D eigenvalue weighted by Gasteiger charge is 2.71. The lowest BCUT2D eigenvalue weighted by Crippen LogP contribution is -2.60. The monoisotopic (exact) mass is 251 g/mol. The Bertz CT molecular complexity index is 457. The highest BCUT2D eigenvalue weighted by atomic mass is 19.3. The summed E-state index contributed by atoms with van der Waals surface area (Å²) in [6.45, 7) is 0.792.